The van der Waals surface area contributed by atoms with Crippen LogP contribution in [0.3, 0.4) is 0 Å². The molecule has 6 nitrogen and oxygen atoms in total. The summed E-state index contributed by atoms with van der Waals surface area (Å²) in [6.45, 7) is 0.530. The molecule has 2 aromatic rings. The SMILES string of the molecule is COC(=O)c1cnc(Cl)c(C#CCCNC(=O)OCc2ccccc2)c1. The maximum Gasteiger partial charge on any atom is 0.407 e. The molecule has 1 aromatic carbocycles. The van der Waals surface area contributed by atoms with Crippen LogP contribution >= 0.6 is 11.6 Å². The molecule has 0 aliphatic carbocycles. The Morgan fingerprint density at radius 2 is 2.04 bits per heavy atom. The molecule has 1 amide bonds. The summed E-state index contributed by atoms with van der Waals surface area (Å²) in [5.41, 5.74) is 1.60. The van der Waals surface area contributed by atoms with Crippen molar-refractivity contribution in [2.24, 2.45) is 0 Å². The molecule has 1 N–H and O–H groups in total. The van der Waals surface area contributed by atoms with Gasteiger partial charge in [-0.25, -0.2) is 14.6 Å². The van der Waals surface area contributed by atoms with Crippen molar-refractivity contribution < 1.29 is 19.1 Å². The van der Waals surface area contributed by atoms with E-state index in [9.17, 15) is 9.59 Å². The number of hydrogen-bond acceptors (Lipinski definition) is 5. The molecule has 26 heavy (non-hydrogen) atoms. The maximum absolute atomic E-state index is 11.6. The van der Waals surface area contributed by atoms with Gasteiger partial charge in [0.15, 0.2) is 0 Å². The van der Waals surface area contributed by atoms with Crippen LogP contribution in [-0.4, -0.2) is 30.7 Å². The lowest BCUT2D eigenvalue weighted by Crippen LogP contribution is -2.24. The normalized spacial score (nSPS) is 9.62. The number of alkyl carbamates (subject to hydrolysis) is 1. The van der Waals surface area contributed by atoms with Gasteiger partial charge in [-0.2, -0.15) is 0 Å². The number of nitrogens with one attached hydrogen (secondary N) is 1. The molecule has 0 aliphatic heterocycles. The zero-order valence-corrected chi connectivity index (χ0v) is 14.9. The molecule has 0 unspecified atom stereocenters. The first kappa shape index (κ1) is 19.3. The molecular weight excluding hydrogens is 356 g/mol. The van der Waals surface area contributed by atoms with Crippen LogP contribution in [0.1, 0.15) is 27.9 Å². The number of benzene rings is 1. The van der Waals surface area contributed by atoms with E-state index in [1.807, 2.05) is 30.3 Å². The number of carbonyl (C=O) groups excluding carboxylic acids is 2. The van der Waals surface area contributed by atoms with Gasteiger partial charge >= 0.3 is 12.1 Å². The van der Waals surface area contributed by atoms with E-state index in [0.717, 1.165) is 5.56 Å². The summed E-state index contributed by atoms with van der Waals surface area (Å²) in [6.07, 6.45) is 1.20. The minimum atomic E-state index is -0.514. The molecule has 0 atom stereocenters. The standard InChI is InChI=1S/C19H17ClN2O4/c1-25-18(23)16-11-15(17(20)22-12-16)9-5-6-10-21-19(24)26-13-14-7-3-2-4-8-14/h2-4,7-8,11-12H,6,10,13H2,1H3,(H,21,24). The number of rotatable bonds is 5. The summed E-state index contributed by atoms with van der Waals surface area (Å²) in [6, 6.07) is 10.9. The highest BCUT2D eigenvalue weighted by atomic mass is 35.5. The van der Waals surface area contributed by atoms with Crippen molar-refractivity contribution in [3.05, 3.63) is 64.4 Å². The number of aromatic nitrogens is 1. The van der Waals surface area contributed by atoms with Crippen molar-refractivity contribution >= 4 is 23.7 Å². The third-order valence-electron chi connectivity index (χ3n) is 3.22. The molecule has 1 heterocycles. The fraction of sp³-hybridized carbons (Fsp3) is 0.211. The first-order chi connectivity index (χ1) is 12.6. The Morgan fingerprint density at radius 3 is 2.77 bits per heavy atom. The summed E-state index contributed by atoms with van der Waals surface area (Å²) in [7, 11) is 1.28. The Labute approximate surface area is 156 Å². The first-order valence-corrected chi connectivity index (χ1v) is 8.15. The summed E-state index contributed by atoms with van der Waals surface area (Å²) in [5, 5.41) is 2.80. The molecule has 1 aromatic heterocycles. The average Bonchev–Trinajstić information content (AvgIpc) is 2.67. The van der Waals surface area contributed by atoms with E-state index >= 15 is 0 Å². The molecular formula is C19H17ClN2O4. The van der Waals surface area contributed by atoms with Crippen LogP contribution in [-0.2, 0) is 16.1 Å². The summed E-state index contributed by atoms with van der Waals surface area (Å²) in [4.78, 5) is 27.0. The zero-order valence-electron chi connectivity index (χ0n) is 14.1. The Bertz CT molecular complexity index is 828. The molecule has 0 fully saturated rings. The Balaban J connectivity index is 1.78. The van der Waals surface area contributed by atoms with Gasteiger partial charge in [-0.15, -0.1) is 0 Å². The van der Waals surface area contributed by atoms with Crippen molar-refractivity contribution in [1.82, 2.24) is 10.3 Å². The van der Waals surface area contributed by atoms with Gasteiger partial charge in [0, 0.05) is 19.2 Å². The van der Waals surface area contributed by atoms with Crippen LogP contribution in [0.15, 0.2) is 42.6 Å². The van der Waals surface area contributed by atoms with Crippen LogP contribution in [0.4, 0.5) is 4.79 Å². The largest absolute Gasteiger partial charge is 0.465 e. The van der Waals surface area contributed by atoms with Crippen molar-refractivity contribution in [2.75, 3.05) is 13.7 Å². The third-order valence-corrected chi connectivity index (χ3v) is 3.52. The van der Waals surface area contributed by atoms with E-state index in [1.165, 1.54) is 19.4 Å². The van der Waals surface area contributed by atoms with E-state index in [0.29, 0.717) is 18.5 Å². The van der Waals surface area contributed by atoms with Crippen LogP contribution in [0, 0.1) is 11.8 Å². The highest BCUT2D eigenvalue weighted by molar-refractivity contribution is 6.30. The fourth-order valence-corrected chi connectivity index (χ4v) is 2.07. The minimum absolute atomic E-state index is 0.195. The van der Waals surface area contributed by atoms with E-state index in [-0.39, 0.29) is 17.3 Å². The molecule has 2 rings (SSSR count). The number of halogens is 1. The maximum atomic E-state index is 11.6. The number of methoxy groups -OCH3 is 1. The topological polar surface area (TPSA) is 77.5 Å². The highest BCUT2D eigenvalue weighted by Gasteiger charge is 2.08. The molecule has 0 spiro atoms. The van der Waals surface area contributed by atoms with Crippen molar-refractivity contribution in [1.29, 1.82) is 0 Å². The highest BCUT2D eigenvalue weighted by Crippen LogP contribution is 2.13. The Morgan fingerprint density at radius 1 is 1.27 bits per heavy atom. The minimum Gasteiger partial charge on any atom is -0.465 e. The molecule has 7 heteroatoms. The molecule has 134 valence electrons. The van der Waals surface area contributed by atoms with Crippen molar-refractivity contribution in [2.45, 2.75) is 13.0 Å². The molecule has 0 saturated carbocycles. The fourth-order valence-electron chi connectivity index (χ4n) is 1.92. The van der Waals surface area contributed by atoms with Crippen LogP contribution in [0.25, 0.3) is 0 Å². The molecule has 0 saturated heterocycles. The van der Waals surface area contributed by atoms with Crippen LogP contribution in [0.2, 0.25) is 5.15 Å². The lowest BCUT2D eigenvalue weighted by atomic mass is 10.2. The molecule has 0 bridgehead atoms. The number of amides is 1. The van der Waals surface area contributed by atoms with Gasteiger partial charge in [0.25, 0.3) is 0 Å². The predicted octanol–water partition coefficient (Wildman–Crippen LogP) is 3.19. The number of pyridine rings is 1. The number of nitrogens with zero attached hydrogens (tertiary/aromatic N) is 1. The van der Waals surface area contributed by atoms with Gasteiger partial charge in [-0.3, -0.25) is 0 Å². The smallest absolute Gasteiger partial charge is 0.407 e. The number of hydrogen-bond donors (Lipinski definition) is 1. The van der Waals surface area contributed by atoms with Crippen LogP contribution in [0.5, 0.6) is 0 Å². The van der Waals surface area contributed by atoms with E-state index < -0.39 is 12.1 Å². The quantitative estimate of drug-likeness (QED) is 0.377. The third kappa shape index (κ3) is 6.11. The molecule has 0 radical (unpaired) electrons. The summed E-state index contributed by atoms with van der Waals surface area (Å²) in [5.74, 6) is 5.16. The second-order valence-corrected chi connectivity index (χ2v) is 5.45. The van der Waals surface area contributed by atoms with Gasteiger partial charge in [-0.05, 0) is 11.6 Å². The predicted molar refractivity (Wildman–Crippen MR) is 96.7 cm³/mol. The number of ether oxygens (including phenoxy) is 2. The Kier molecular flexibility index (Phi) is 7.47. The lowest BCUT2D eigenvalue weighted by molar-refractivity contribution is 0.0600. The van der Waals surface area contributed by atoms with Crippen molar-refractivity contribution in [3.8, 4) is 11.8 Å². The zero-order chi connectivity index (χ0) is 18.8. The average molecular weight is 373 g/mol. The first-order valence-electron chi connectivity index (χ1n) is 7.77. The van der Waals surface area contributed by atoms with Gasteiger partial charge < -0.3 is 14.8 Å². The second-order valence-electron chi connectivity index (χ2n) is 5.09. The van der Waals surface area contributed by atoms with Gasteiger partial charge in [0.1, 0.15) is 11.8 Å². The Hall–Kier alpha value is -3.04. The number of carbonyl (C=O) groups is 2. The van der Waals surface area contributed by atoms with Gasteiger partial charge in [0.05, 0.1) is 18.2 Å². The van der Waals surface area contributed by atoms with Crippen molar-refractivity contribution in [3.63, 3.8) is 0 Å². The second kappa shape index (κ2) is 10.1. The van der Waals surface area contributed by atoms with Gasteiger partial charge in [-0.1, -0.05) is 53.8 Å². The lowest BCUT2D eigenvalue weighted by Gasteiger charge is -2.05. The summed E-state index contributed by atoms with van der Waals surface area (Å²) < 4.78 is 9.71. The molecule has 0 aliphatic rings. The summed E-state index contributed by atoms with van der Waals surface area (Å²) >= 11 is 5.95. The van der Waals surface area contributed by atoms with E-state index in [2.05, 4.69) is 26.9 Å². The van der Waals surface area contributed by atoms with E-state index in [4.69, 9.17) is 16.3 Å². The van der Waals surface area contributed by atoms with E-state index in [1.54, 1.807) is 0 Å². The van der Waals surface area contributed by atoms with Gasteiger partial charge in [0.2, 0.25) is 0 Å². The monoisotopic (exact) mass is 372 g/mol. The van der Waals surface area contributed by atoms with Crippen LogP contribution < -0.4 is 5.32 Å². The number of esters is 1.